The zero-order valence-corrected chi connectivity index (χ0v) is 13.9. The Kier molecular flexibility index (Phi) is 5.57. The van der Waals surface area contributed by atoms with Gasteiger partial charge >= 0.3 is 0 Å². The number of nitrogens with one attached hydrogen (secondary N) is 1. The normalized spacial score (nSPS) is 25.8. The number of ether oxygens (including phenoxy) is 1. The fraction of sp³-hybridized carbons (Fsp3) is 0.765. The van der Waals surface area contributed by atoms with Gasteiger partial charge in [-0.25, -0.2) is 9.97 Å². The van der Waals surface area contributed by atoms with Crippen molar-refractivity contribution in [2.75, 3.05) is 18.5 Å². The summed E-state index contributed by atoms with van der Waals surface area (Å²) in [4.78, 5) is 9.58. The van der Waals surface area contributed by atoms with Crippen LogP contribution in [-0.2, 0) is 16.8 Å². The first-order valence-corrected chi connectivity index (χ1v) is 8.39. The smallest absolute Gasteiger partial charge is 0.162 e. The first kappa shape index (κ1) is 16.2. The summed E-state index contributed by atoms with van der Waals surface area (Å²) in [6, 6.07) is 2.05. The van der Waals surface area contributed by atoms with Crippen molar-refractivity contribution in [3.8, 4) is 0 Å². The molecule has 118 valence electrons. The van der Waals surface area contributed by atoms with Crippen LogP contribution in [0.5, 0.6) is 0 Å². The summed E-state index contributed by atoms with van der Waals surface area (Å²) in [6.45, 7) is 10.2. The third kappa shape index (κ3) is 3.73. The topological polar surface area (TPSA) is 47.0 Å². The van der Waals surface area contributed by atoms with Crippen molar-refractivity contribution < 1.29 is 4.74 Å². The summed E-state index contributed by atoms with van der Waals surface area (Å²) in [5.74, 6) is 2.48. The summed E-state index contributed by atoms with van der Waals surface area (Å²) >= 11 is 0. The molecule has 1 aliphatic rings. The van der Waals surface area contributed by atoms with Crippen LogP contribution in [0.2, 0.25) is 0 Å². The van der Waals surface area contributed by atoms with Gasteiger partial charge < -0.3 is 10.1 Å². The van der Waals surface area contributed by atoms with Crippen molar-refractivity contribution in [2.24, 2.45) is 5.92 Å². The number of aryl methyl sites for hydroxylation is 1. The van der Waals surface area contributed by atoms with Gasteiger partial charge in [0.05, 0.1) is 0 Å². The van der Waals surface area contributed by atoms with E-state index in [1.165, 1.54) is 12.8 Å². The number of nitrogens with zero attached hydrogens (tertiary/aromatic N) is 2. The predicted molar refractivity (Wildman–Crippen MR) is 86.5 cm³/mol. The van der Waals surface area contributed by atoms with Crippen molar-refractivity contribution in [1.82, 2.24) is 9.97 Å². The van der Waals surface area contributed by atoms with Gasteiger partial charge in [0.2, 0.25) is 0 Å². The van der Waals surface area contributed by atoms with Gasteiger partial charge in [0.25, 0.3) is 0 Å². The van der Waals surface area contributed by atoms with Gasteiger partial charge in [-0.2, -0.15) is 0 Å². The summed E-state index contributed by atoms with van der Waals surface area (Å²) in [6.07, 6.45) is 5.45. The van der Waals surface area contributed by atoms with Crippen molar-refractivity contribution in [3.05, 3.63) is 17.6 Å². The molecule has 0 aliphatic heterocycles. The SMILES string of the molecule is CCNc1cc(CC)nc(C2(OCC)CCCC(C)C2)n1. The minimum Gasteiger partial charge on any atom is -0.370 e. The lowest BCUT2D eigenvalue weighted by atomic mass is 9.78. The van der Waals surface area contributed by atoms with Crippen LogP contribution in [-0.4, -0.2) is 23.1 Å². The standard InChI is InChI=1S/C17H29N3O/c1-5-14-11-15(18-6-2)20-16(19-14)17(21-7-3)10-8-9-13(4)12-17/h11,13H,5-10,12H2,1-4H3,(H,18,19,20). The fourth-order valence-corrected chi connectivity index (χ4v) is 3.33. The van der Waals surface area contributed by atoms with Crippen molar-refractivity contribution in [1.29, 1.82) is 0 Å². The maximum Gasteiger partial charge on any atom is 0.162 e. The van der Waals surface area contributed by atoms with Crippen LogP contribution < -0.4 is 5.32 Å². The van der Waals surface area contributed by atoms with E-state index in [-0.39, 0.29) is 5.60 Å². The van der Waals surface area contributed by atoms with Gasteiger partial charge in [-0.05, 0) is 45.4 Å². The van der Waals surface area contributed by atoms with E-state index in [1.54, 1.807) is 0 Å². The molecule has 2 unspecified atom stereocenters. The van der Waals surface area contributed by atoms with Crippen molar-refractivity contribution >= 4 is 5.82 Å². The van der Waals surface area contributed by atoms with Gasteiger partial charge in [-0.1, -0.05) is 20.3 Å². The Bertz CT molecular complexity index is 459. The molecule has 1 aliphatic carbocycles. The summed E-state index contributed by atoms with van der Waals surface area (Å²) in [5.41, 5.74) is 0.801. The molecule has 1 aromatic heterocycles. The van der Waals surface area contributed by atoms with Gasteiger partial charge in [0.1, 0.15) is 11.4 Å². The second-order valence-corrected chi connectivity index (χ2v) is 6.08. The summed E-state index contributed by atoms with van der Waals surface area (Å²) in [7, 11) is 0. The van der Waals surface area contributed by atoms with E-state index >= 15 is 0 Å². The molecule has 1 heterocycles. The Morgan fingerprint density at radius 2 is 2.14 bits per heavy atom. The second-order valence-electron chi connectivity index (χ2n) is 6.08. The highest BCUT2D eigenvalue weighted by Crippen LogP contribution is 2.41. The lowest BCUT2D eigenvalue weighted by Gasteiger charge is -2.38. The van der Waals surface area contributed by atoms with Crippen LogP contribution in [0.4, 0.5) is 5.82 Å². The molecule has 21 heavy (non-hydrogen) atoms. The third-order valence-electron chi connectivity index (χ3n) is 4.28. The summed E-state index contributed by atoms with van der Waals surface area (Å²) in [5, 5.41) is 3.33. The van der Waals surface area contributed by atoms with E-state index in [0.717, 1.165) is 43.1 Å². The van der Waals surface area contributed by atoms with E-state index in [9.17, 15) is 0 Å². The molecule has 2 rings (SSSR count). The maximum atomic E-state index is 6.21. The molecule has 1 saturated carbocycles. The molecule has 0 radical (unpaired) electrons. The van der Waals surface area contributed by atoms with Crippen LogP contribution in [0.25, 0.3) is 0 Å². The first-order valence-electron chi connectivity index (χ1n) is 8.39. The van der Waals surface area contributed by atoms with Crippen molar-refractivity contribution in [2.45, 2.75) is 65.4 Å². The lowest BCUT2D eigenvalue weighted by molar-refractivity contribution is -0.0881. The maximum absolute atomic E-state index is 6.21. The Balaban J connectivity index is 2.40. The average Bonchev–Trinajstić information content (AvgIpc) is 2.47. The molecular weight excluding hydrogens is 262 g/mol. The minimum absolute atomic E-state index is 0.290. The predicted octanol–water partition coefficient (Wildman–Crippen LogP) is 3.91. The molecule has 0 spiro atoms. The number of anilines is 1. The number of hydrogen-bond acceptors (Lipinski definition) is 4. The monoisotopic (exact) mass is 291 g/mol. The van der Waals surface area contributed by atoms with E-state index < -0.39 is 0 Å². The zero-order chi connectivity index (χ0) is 15.3. The van der Waals surface area contributed by atoms with Gasteiger partial charge in [0, 0.05) is 24.9 Å². The Hall–Kier alpha value is -1.16. The molecule has 0 amide bonds. The van der Waals surface area contributed by atoms with Crippen LogP contribution in [0.3, 0.4) is 0 Å². The fourth-order valence-electron chi connectivity index (χ4n) is 3.33. The van der Waals surface area contributed by atoms with E-state index in [2.05, 4.69) is 39.1 Å². The number of rotatable bonds is 6. The van der Waals surface area contributed by atoms with E-state index in [4.69, 9.17) is 14.7 Å². The molecule has 1 N–H and O–H groups in total. The number of aromatic nitrogens is 2. The molecule has 0 saturated heterocycles. The molecule has 4 nitrogen and oxygen atoms in total. The van der Waals surface area contributed by atoms with Gasteiger partial charge in [0.15, 0.2) is 5.82 Å². The van der Waals surface area contributed by atoms with E-state index in [1.807, 2.05) is 0 Å². The molecule has 0 aromatic carbocycles. The zero-order valence-electron chi connectivity index (χ0n) is 13.9. The lowest BCUT2D eigenvalue weighted by Crippen LogP contribution is -2.37. The highest BCUT2D eigenvalue weighted by atomic mass is 16.5. The van der Waals surface area contributed by atoms with Crippen LogP contribution >= 0.6 is 0 Å². The van der Waals surface area contributed by atoms with Gasteiger partial charge in [-0.3, -0.25) is 0 Å². The van der Waals surface area contributed by atoms with Crippen LogP contribution in [0.15, 0.2) is 6.07 Å². The average molecular weight is 291 g/mol. The molecular formula is C17H29N3O. The molecule has 1 aromatic rings. The van der Waals surface area contributed by atoms with Crippen LogP contribution in [0, 0.1) is 5.92 Å². The largest absolute Gasteiger partial charge is 0.370 e. The quantitative estimate of drug-likeness (QED) is 0.863. The Morgan fingerprint density at radius 3 is 2.76 bits per heavy atom. The molecule has 1 fully saturated rings. The highest BCUT2D eigenvalue weighted by Gasteiger charge is 2.40. The Labute approximate surface area is 128 Å². The van der Waals surface area contributed by atoms with Crippen molar-refractivity contribution in [3.63, 3.8) is 0 Å². The van der Waals surface area contributed by atoms with Crippen LogP contribution in [0.1, 0.15) is 64.9 Å². The molecule has 4 heteroatoms. The first-order chi connectivity index (χ1) is 10.1. The van der Waals surface area contributed by atoms with Gasteiger partial charge in [-0.15, -0.1) is 0 Å². The minimum atomic E-state index is -0.290. The number of hydrogen-bond donors (Lipinski definition) is 1. The Morgan fingerprint density at radius 1 is 1.33 bits per heavy atom. The molecule has 0 bridgehead atoms. The third-order valence-corrected chi connectivity index (χ3v) is 4.28. The second kappa shape index (κ2) is 7.21. The highest BCUT2D eigenvalue weighted by molar-refractivity contribution is 5.37. The molecule has 2 atom stereocenters. The van der Waals surface area contributed by atoms with E-state index in [0.29, 0.717) is 12.5 Å². The summed E-state index contributed by atoms with van der Waals surface area (Å²) < 4.78 is 6.21.